The maximum absolute atomic E-state index is 13.6. The van der Waals surface area contributed by atoms with Gasteiger partial charge >= 0.3 is 0 Å². The summed E-state index contributed by atoms with van der Waals surface area (Å²) in [5.74, 6) is -0.446. The molecule has 192 valence electrons. The molecule has 0 radical (unpaired) electrons. The normalized spacial score (nSPS) is 28.4. The molecule has 2 aromatic carbocycles. The molecule has 3 saturated carbocycles. The lowest BCUT2D eigenvalue weighted by molar-refractivity contribution is -0.179. The van der Waals surface area contributed by atoms with Crippen LogP contribution in [0.4, 0.5) is 4.39 Å². The van der Waals surface area contributed by atoms with Crippen LogP contribution >= 0.6 is 23.2 Å². The van der Waals surface area contributed by atoms with Crippen molar-refractivity contribution < 1.29 is 23.8 Å². The van der Waals surface area contributed by atoms with Gasteiger partial charge in [0.25, 0.3) is 5.91 Å². The largest absolute Gasteiger partial charge is 0.484 e. The van der Waals surface area contributed by atoms with Crippen molar-refractivity contribution in [3.05, 3.63) is 63.9 Å². The molecular formula is C27H29Cl2FN2O4. The number of aliphatic hydroxyl groups is 1. The minimum atomic E-state index is -1.05. The summed E-state index contributed by atoms with van der Waals surface area (Å²) in [6.45, 7) is 2.40. The number of hydrogen-bond acceptors (Lipinski definition) is 4. The highest BCUT2D eigenvalue weighted by Crippen LogP contribution is 2.57. The molecule has 2 aromatic rings. The number of nitrogens with zero attached hydrogens (tertiary/aromatic N) is 1. The summed E-state index contributed by atoms with van der Waals surface area (Å²) < 4.78 is 19.1. The molecule has 0 spiro atoms. The maximum Gasteiger partial charge on any atom is 0.258 e. The molecule has 0 aromatic heterocycles. The summed E-state index contributed by atoms with van der Waals surface area (Å²) in [5, 5.41) is 14.7. The summed E-state index contributed by atoms with van der Waals surface area (Å²) >= 11 is 11.6. The van der Waals surface area contributed by atoms with Gasteiger partial charge in [-0.25, -0.2) is 4.39 Å². The Hall–Kier alpha value is -2.35. The van der Waals surface area contributed by atoms with Gasteiger partial charge in [-0.15, -0.1) is 0 Å². The minimum absolute atomic E-state index is 0.00463. The summed E-state index contributed by atoms with van der Waals surface area (Å²) in [6, 6.07) is 11.2. The smallest absolute Gasteiger partial charge is 0.258 e. The van der Waals surface area contributed by atoms with Crippen LogP contribution in [0.5, 0.6) is 5.75 Å². The minimum Gasteiger partial charge on any atom is -0.484 e. The second-order valence-corrected chi connectivity index (χ2v) is 11.5. The van der Waals surface area contributed by atoms with Gasteiger partial charge in [-0.3, -0.25) is 9.59 Å². The van der Waals surface area contributed by atoms with Crippen molar-refractivity contribution in [2.45, 2.75) is 50.2 Å². The lowest BCUT2D eigenvalue weighted by atomic mass is 9.51. The molecule has 2 N–H and O–H groups in total. The first-order chi connectivity index (χ1) is 17.0. The molecule has 1 heterocycles. The van der Waals surface area contributed by atoms with E-state index in [0.29, 0.717) is 37.1 Å². The Morgan fingerprint density at radius 3 is 2.39 bits per heavy atom. The van der Waals surface area contributed by atoms with Gasteiger partial charge < -0.3 is 20.1 Å². The fourth-order valence-corrected chi connectivity index (χ4v) is 6.53. The number of rotatable bonds is 6. The van der Waals surface area contributed by atoms with E-state index < -0.39 is 16.8 Å². The van der Waals surface area contributed by atoms with Crippen molar-refractivity contribution in [3.8, 4) is 5.75 Å². The van der Waals surface area contributed by atoms with Crippen LogP contribution in [0.15, 0.2) is 42.5 Å². The molecule has 0 unspecified atom stereocenters. The van der Waals surface area contributed by atoms with Crippen molar-refractivity contribution in [1.29, 1.82) is 0 Å². The lowest BCUT2D eigenvalue weighted by Gasteiger charge is -2.59. The summed E-state index contributed by atoms with van der Waals surface area (Å²) in [6.07, 6.45) is 3.49. The molecule has 6 rings (SSSR count). The third kappa shape index (κ3) is 4.46. The zero-order valence-electron chi connectivity index (χ0n) is 20.0. The Balaban J connectivity index is 1.17. The standard InChI is InChI=1S/C27H29Cl2FN2O4/c1-17-13-25(31-23(33)14-36-20-6-7-21(29)22(30)12-20)8-10-26(17,11-9-25)24(34)32-15-27(35,16-32)18-2-4-19(28)5-3-18/h2-7,12,17,35H,8-11,13-16H2,1H3,(H,31,33)/t17-,25?,26?/m0/s1. The quantitative estimate of drug-likeness (QED) is 0.563. The van der Waals surface area contributed by atoms with E-state index in [9.17, 15) is 19.1 Å². The molecule has 4 fully saturated rings. The molecule has 6 nitrogen and oxygen atoms in total. The first-order valence-electron chi connectivity index (χ1n) is 12.2. The topological polar surface area (TPSA) is 78.9 Å². The maximum atomic E-state index is 13.6. The van der Waals surface area contributed by atoms with Crippen molar-refractivity contribution in [2.75, 3.05) is 19.7 Å². The Bertz CT molecular complexity index is 1170. The number of carbonyl (C=O) groups is 2. The van der Waals surface area contributed by atoms with Gasteiger partial charge in [0.05, 0.1) is 23.5 Å². The van der Waals surface area contributed by atoms with Crippen LogP contribution in [-0.2, 0) is 15.2 Å². The lowest BCUT2D eigenvalue weighted by Crippen LogP contribution is -2.68. The number of likely N-dealkylation sites (tertiary alicyclic amines) is 1. The van der Waals surface area contributed by atoms with E-state index in [1.807, 2.05) is 0 Å². The average molecular weight is 535 g/mol. The zero-order chi connectivity index (χ0) is 25.7. The second-order valence-electron chi connectivity index (χ2n) is 10.7. The fraction of sp³-hybridized carbons (Fsp3) is 0.481. The fourth-order valence-electron chi connectivity index (χ4n) is 6.29. The van der Waals surface area contributed by atoms with E-state index in [-0.39, 0.29) is 53.7 Å². The van der Waals surface area contributed by atoms with E-state index in [1.165, 1.54) is 12.1 Å². The average Bonchev–Trinajstić information content (AvgIpc) is 2.83. The van der Waals surface area contributed by atoms with Crippen molar-refractivity contribution in [3.63, 3.8) is 0 Å². The van der Waals surface area contributed by atoms with Gasteiger partial charge in [-0.2, -0.15) is 0 Å². The van der Waals surface area contributed by atoms with Crippen LogP contribution in [0.3, 0.4) is 0 Å². The Kier molecular flexibility index (Phi) is 6.46. The van der Waals surface area contributed by atoms with Gasteiger partial charge in [0, 0.05) is 16.6 Å². The molecule has 9 heteroatoms. The van der Waals surface area contributed by atoms with Crippen LogP contribution in [-0.4, -0.2) is 47.1 Å². The highest BCUT2D eigenvalue weighted by molar-refractivity contribution is 6.30. The number of carbonyl (C=O) groups excluding carboxylic acids is 2. The number of nitrogens with one attached hydrogen (secondary N) is 1. The number of β-amino-alcohol motifs (C(OH)–C–C–N with tert-alkyl or cyclic N) is 1. The Morgan fingerprint density at radius 1 is 1.11 bits per heavy atom. The van der Waals surface area contributed by atoms with Crippen LogP contribution < -0.4 is 10.1 Å². The first kappa shape index (κ1) is 25.3. The monoisotopic (exact) mass is 534 g/mol. The molecule has 1 saturated heterocycles. The second kappa shape index (κ2) is 9.19. The van der Waals surface area contributed by atoms with Crippen LogP contribution in [0, 0.1) is 17.2 Å². The van der Waals surface area contributed by atoms with E-state index >= 15 is 0 Å². The van der Waals surface area contributed by atoms with Crippen molar-refractivity contribution in [1.82, 2.24) is 10.2 Å². The van der Waals surface area contributed by atoms with Gasteiger partial charge in [-0.1, -0.05) is 42.3 Å². The van der Waals surface area contributed by atoms with E-state index in [4.69, 9.17) is 27.9 Å². The molecule has 3 aliphatic carbocycles. The highest BCUT2D eigenvalue weighted by Gasteiger charge is 2.60. The van der Waals surface area contributed by atoms with Crippen LogP contribution in [0.1, 0.15) is 44.6 Å². The number of benzene rings is 2. The van der Waals surface area contributed by atoms with Crippen molar-refractivity contribution in [2.24, 2.45) is 11.3 Å². The van der Waals surface area contributed by atoms with Crippen LogP contribution in [0.25, 0.3) is 0 Å². The van der Waals surface area contributed by atoms with E-state index in [1.54, 1.807) is 29.2 Å². The van der Waals surface area contributed by atoms with Gasteiger partial charge in [-0.05, 0) is 67.9 Å². The first-order valence-corrected chi connectivity index (χ1v) is 13.0. The highest BCUT2D eigenvalue weighted by atomic mass is 35.5. The number of amides is 2. The SMILES string of the molecule is C[C@H]1CC2(NC(=O)COc3ccc(Cl)c(F)c3)CCC1(C(=O)N1CC(O)(c3ccc(Cl)cc3)C1)CC2. The molecule has 1 aliphatic heterocycles. The van der Waals surface area contributed by atoms with Gasteiger partial charge in [0.2, 0.25) is 5.91 Å². The van der Waals surface area contributed by atoms with Gasteiger partial charge in [0.1, 0.15) is 17.2 Å². The van der Waals surface area contributed by atoms with Gasteiger partial charge in [0.15, 0.2) is 6.61 Å². The summed E-state index contributed by atoms with van der Waals surface area (Å²) in [5.41, 5.74) is -1.12. The summed E-state index contributed by atoms with van der Waals surface area (Å²) in [7, 11) is 0. The zero-order valence-corrected chi connectivity index (χ0v) is 21.5. The molecule has 2 amide bonds. The third-order valence-corrected chi connectivity index (χ3v) is 8.96. The predicted octanol–water partition coefficient (Wildman–Crippen LogP) is 4.70. The number of fused-ring (bicyclic) bond motifs is 3. The Labute approximate surface area is 219 Å². The summed E-state index contributed by atoms with van der Waals surface area (Å²) in [4.78, 5) is 28.1. The molecule has 1 atom stereocenters. The number of hydrogen-bond donors (Lipinski definition) is 2. The predicted molar refractivity (Wildman–Crippen MR) is 134 cm³/mol. The third-order valence-electron chi connectivity index (χ3n) is 8.40. The molecule has 4 aliphatic rings. The number of ether oxygens (including phenoxy) is 1. The van der Waals surface area contributed by atoms with Crippen LogP contribution in [0.2, 0.25) is 10.0 Å². The Morgan fingerprint density at radius 2 is 1.78 bits per heavy atom. The number of halogens is 3. The molecular weight excluding hydrogens is 506 g/mol. The van der Waals surface area contributed by atoms with Crippen molar-refractivity contribution >= 4 is 35.0 Å². The molecule has 36 heavy (non-hydrogen) atoms. The molecule has 2 bridgehead atoms. The van der Waals surface area contributed by atoms with E-state index in [2.05, 4.69) is 12.2 Å². The van der Waals surface area contributed by atoms with E-state index in [0.717, 1.165) is 11.6 Å².